The Morgan fingerprint density at radius 3 is 2.52 bits per heavy atom. The molecule has 2 atom stereocenters. The number of nitrogens with one attached hydrogen (secondary N) is 2. The lowest BCUT2D eigenvalue weighted by Crippen LogP contribution is -2.57. The van der Waals surface area contributed by atoms with E-state index in [-0.39, 0.29) is 24.8 Å². The molecule has 2 unspecified atom stereocenters. The fourth-order valence-electron chi connectivity index (χ4n) is 2.58. The second-order valence-corrected chi connectivity index (χ2v) is 5.60. The Kier molecular flexibility index (Phi) is 10.3. The summed E-state index contributed by atoms with van der Waals surface area (Å²) in [5, 5.41) is 5.46. The minimum Gasteiger partial charge on any atom is -0.354 e. The maximum atomic E-state index is 13.3. The van der Waals surface area contributed by atoms with E-state index in [1.165, 1.54) is 4.90 Å². The van der Waals surface area contributed by atoms with Crippen molar-refractivity contribution in [2.24, 2.45) is 0 Å². The van der Waals surface area contributed by atoms with Crippen molar-refractivity contribution in [1.29, 1.82) is 0 Å². The molecule has 1 fully saturated rings. The number of carbonyl (C=O) groups is 1. The van der Waals surface area contributed by atoms with Gasteiger partial charge in [0, 0.05) is 45.1 Å². The minimum absolute atomic E-state index is 0. The van der Waals surface area contributed by atoms with Crippen LogP contribution in [0.15, 0.2) is 24.5 Å². The highest BCUT2D eigenvalue weighted by atomic mass is 35.5. The standard InChI is InChI=1S/C15H21F3N4O.2ClH/c1-11(12-3-2-4-20-9-12)14(23)21-10-13(15(16,17)18)22-7-5-19-6-8-22;;/h2-4,9,11,13,19H,5-8,10H2,1H3,(H,21,23);2*1H. The first-order chi connectivity index (χ1) is 10.9. The van der Waals surface area contributed by atoms with Crippen molar-refractivity contribution in [3.05, 3.63) is 30.1 Å². The smallest absolute Gasteiger partial charge is 0.354 e. The number of alkyl halides is 3. The third kappa shape index (κ3) is 6.97. The van der Waals surface area contributed by atoms with E-state index < -0.39 is 30.6 Å². The maximum Gasteiger partial charge on any atom is 0.405 e. The zero-order valence-corrected chi connectivity index (χ0v) is 15.4. The lowest BCUT2D eigenvalue weighted by molar-refractivity contribution is -0.184. The van der Waals surface area contributed by atoms with E-state index in [0.29, 0.717) is 31.7 Å². The van der Waals surface area contributed by atoms with Crippen molar-refractivity contribution in [2.45, 2.75) is 25.1 Å². The Hall–Kier alpha value is -1.09. The molecule has 5 nitrogen and oxygen atoms in total. The topological polar surface area (TPSA) is 57.3 Å². The van der Waals surface area contributed by atoms with E-state index in [9.17, 15) is 18.0 Å². The van der Waals surface area contributed by atoms with Crippen LogP contribution in [0.5, 0.6) is 0 Å². The molecule has 0 radical (unpaired) electrons. The van der Waals surface area contributed by atoms with E-state index in [4.69, 9.17) is 0 Å². The molecule has 25 heavy (non-hydrogen) atoms. The number of rotatable bonds is 5. The molecule has 10 heteroatoms. The van der Waals surface area contributed by atoms with Gasteiger partial charge >= 0.3 is 6.18 Å². The summed E-state index contributed by atoms with van der Waals surface area (Å²) in [6.07, 6.45) is -1.25. The Morgan fingerprint density at radius 2 is 2.00 bits per heavy atom. The molecule has 2 heterocycles. The molecule has 2 N–H and O–H groups in total. The van der Waals surface area contributed by atoms with Crippen molar-refractivity contribution in [3.8, 4) is 0 Å². The summed E-state index contributed by atoms with van der Waals surface area (Å²) in [5.74, 6) is -0.969. The Bertz CT molecular complexity index is 513. The number of hydrogen-bond acceptors (Lipinski definition) is 4. The predicted molar refractivity (Wildman–Crippen MR) is 94.4 cm³/mol. The minimum atomic E-state index is -4.37. The Labute approximate surface area is 157 Å². The number of nitrogens with zero attached hydrogens (tertiary/aromatic N) is 2. The van der Waals surface area contributed by atoms with Gasteiger partial charge in [0.1, 0.15) is 6.04 Å². The molecule has 0 saturated carbocycles. The summed E-state index contributed by atoms with van der Waals surface area (Å²) < 4.78 is 39.8. The van der Waals surface area contributed by atoms with Crippen LogP contribution in [0.1, 0.15) is 18.4 Å². The van der Waals surface area contributed by atoms with Gasteiger partial charge in [-0.2, -0.15) is 13.2 Å². The first kappa shape index (κ1) is 23.9. The zero-order valence-electron chi connectivity index (χ0n) is 13.8. The van der Waals surface area contributed by atoms with Crippen LogP contribution in [0, 0.1) is 0 Å². The third-order valence-electron chi connectivity index (χ3n) is 4.02. The van der Waals surface area contributed by atoms with Gasteiger partial charge in [-0.3, -0.25) is 14.7 Å². The zero-order chi connectivity index (χ0) is 16.9. The van der Waals surface area contributed by atoms with Crippen LogP contribution in [0.4, 0.5) is 13.2 Å². The molecular formula is C15H23Cl2F3N4O. The SMILES string of the molecule is CC(C(=O)NCC(N1CCNCC1)C(F)(F)F)c1cccnc1.Cl.Cl. The van der Waals surface area contributed by atoms with Gasteiger partial charge in [-0.25, -0.2) is 0 Å². The van der Waals surface area contributed by atoms with Crippen molar-refractivity contribution < 1.29 is 18.0 Å². The summed E-state index contributed by atoms with van der Waals surface area (Å²) in [6.45, 7) is 2.89. The molecule has 1 amide bonds. The van der Waals surface area contributed by atoms with E-state index in [1.54, 1.807) is 31.5 Å². The van der Waals surface area contributed by atoms with E-state index in [0.717, 1.165) is 0 Å². The van der Waals surface area contributed by atoms with Gasteiger partial charge in [-0.05, 0) is 18.6 Å². The average Bonchev–Trinajstić information content (AvgIpc) is 2.54. The quantitative estimate of drug-likeness (QED) is 0.790. The maximum absolute atomic E-state index is 13.3. The molecule has 1 aliphatic rings. The molecule has 0 spiro atoms. The molecule has 1 aromatic rings. The first-order valence-electron chi connectivity index (χ1n) is 7.58. The highest BCUT2D eigenvalue weighted by Gasteiger charge is 2.43. The molecule has 2 rings (SSSR count). The number of amides is 1. The molecular weight excluding hydrogens is 380 g/mol. The molecule has 144 valence electrons. The molecule has 1 saturated heterocycles. The number of carbonyl (C=O) groups excluding carboxylic acids is 1. The lowest BCUT2D eigenvalue weighted by atomic mass is 10.0. The van der Waals surface area contributed by atoms with Gasteiger partial charge in [0.25, 0.3) is 0 Å². The van der Waals surface area contributed by atoms with Gasteiger partial charge < -0.3 is 10.6 Å². The van der Waals surface area contributed by atoms with E-state index >= 15 is 0 Å². The Morgan fingerprint density at radius 1 is 1.36 bits per heavy atom. The van der Waals surface area contributed by atoms with Crippen LogP contribution in [0.3, 0.4) is 0 Å². The highest BCUT2D eigenvalue weighted by molar-refractivity contribution is 5.85. The van der Waals surface area contributed by atoms with Gasteiger partial charge in [0.15, 0.2) is 0 Å². The number of hydrogen-bond donors (Lipinski definition) is 2. The van der Waals surface area contributed by atoms with Gasteiger partial charge in [-0.15, -0.1) is 24.8 Å². The van der Waals surface area contributed by atoms with Crippen LogP contribution in [0.25, 0.3) is 0 Å². The molecule has 0 aliphatic carbocycles. The highest BCUT2D eigenvalue weighted by Crippen LogP contribution is 2.25. The summed E-state index contributed by atoms with van der Waals surface area (Å²) >= 11 is 0. The van der Waals surface area contributed by atoms with Crippen molar-refractivity contribution >= 4 is 30.7 Å². The predicted octanol–water partition coefficient (Wildman–Crippen LogP) is 1.98. The number of pyridine rings is 1. The van der Waals surface area contributed by atoms with Crippen LogP contribution >= 0.6 is 24.8 Å². The summed E-state index contributed by atoms with van der Waals surface area (Å²) in [4.78, 5) is 17.4. The molecule has 1 aliphatic heterocycles. The second kappa shape index (κ2) is 10.8. The largest absolute Gasteiger partial charge is 0.405 e. The lowest BCUT2D eigenvalue weighted by Gasteiger charge is -2.36. The third-order valence-corrected chi connectivity index (χ3v) is 4.02. The molecule has 0 bridgehead atoms. The fourth-order valence-corrected chi connectivity index (χ4v) is 2.58. The van der Waals surface area contributed by atoms with Crippen LogP contribution in [0.2, 0.25) is 0 Å². The van der Waals surface area contributed by atoms with Crippen LogP contribution in [-0.2, 0) is 4.79 Å². The summed E-state index contributed by atoms with van der Waals surface area (Å²) in [7, 11) is 0. The number of halogens is 5. The van der Waals surface area contributed by atoms with Crippen molar-refractivity contribution in [1.82, 2.24) is 20.5 Å². The average molecular weight is 403 g/mol. The van der Waals surface area contributed by atoms with Gasteiger partial charge in [-0.1, -0.05) is 6.07 Å². The molecule has 0 aromatic carbocycles. The number of aromatic nitrogens is 1. The molecule has 1 aromatic heterocycles. The summed E-state index contributed by atoms with van der Waals surface area (Å²) in [6, 6.07) is 1.77. The van der Waals surface area contributed by atoms with Crippen LogP contribution < -0.4 is 10.6 Å². The monoisotopic (exact) mass is 402 g/mol. The Balaban J connectivity index is 0.00000288. The van der Waals surface area contributed by atoms with Gasteiger partial charge in [0.2, 0.25) is 5.91 Å². The normalized spacial score (nSPS) is 17.6. The fraction of sp³-hybridized carbons (Fsp3) is 0.600. The number of piperazine rings is 1. The van der Waals surface area contributed by atoms with Crippen molar-refractivity contribution in [3.63, 3.8) is 0 Å². The van der Waals surface area contributed by atoms with E-state index in [1.807, 2.05) is 0 Å². The van der Waals surface area contributed by atoms with E-state index in [2.05, 4.69) is 15.6 Å². The first-order valence-corrected chi connectivity index (χ1v) is 7.58. The van der Waals surface area contributed by atoms with Crippen molar-refractivity contribution in [2.75, 3.05) is 32.7 Å². The van der Waals surface area contributed by atoms with Gasteiger partial charge in [0.05, 0.1) is 5.92 Å². The second-order valence-electron chi connectivity index (χ2n) is 5.60. The summed E-state index contributed by atoms with van der Waals surface area (Å²) in [5.41, 5.74) is 0.677. The van der Waals surface area contributed by atoms with Crippen LogP contribution in [-0.4, -0.2) is 60.7 Å².